The van der Waals surface area contributed by atoms with Crippen LogP contribution < -0.4 is 0 Å². The summed E-state index contributed by atoms with van der Waals surface area (Å²) in [5, 5.41) is 0. The van der Waals surface area contributed by atoms with Crippen molar-refractivity contribution in [1.29, 1.82) is 0 Å². The van der Waals surface area contributed by atoms with Gasteiger partial charge in [-0.25, -0.2) is 9.18 Å². The minimum atomic E-state index is -0.327. The van der Waals surface area contributed by atoms with Crippen molar-refractivity contribution in [2.75, 3.05) is 13.2 Å². The summed E-state index contributed by atoms with van der Waals surface area (Å²) in [5.74, 6) is -0.282. The molecule has 1 heterocycles. The van der Waals surface area contributed by atoms with Gasteiger partial charge in [-0.2, -0.15) is 0 Å². The maximum atomic E-state index is 13.2. The molecule has 1 atom stereocenters. The van der Waals surface area contributed by atoms with E-state index >= 15 is 0 Å². The number of fused-ring (bicyclic) bond motifs is 1. The average molecular weight is 299 g/mol. The molecule has 1 aliphatic rings. The normalized spacial score (nSPS) is 17.0. The summed E-state index contributed by atoms with van der Waals surface area (Å²) >= 11 is 0. The Morgan fingerprint density at radius 3 is 2.68 bits per heavy atom. The molecule has 0 saturated heterocycles. The first-order chi connectivity index (χ1) is 10.7. The van der Waals surface area contributed by atoms with Gasteiger partial charge in [-0.1, -0.05) is 36.4 Å². The number of hydrogen-bond acceptors (Lipinski definition) is 2. The molecular weight excluding hydrogens is 281 g/mol. The minimum absolute atomic E-state index is 0.232. The van der Waals surface area contributed by atoms with Gasteiger partial charge in [-0.3, -0.25) is 4.90 Å². The molecule has 1 aliphatic heterocycles. The molecule has 22 heavy (non-hydrogen) atoms. The molecule has 0 fully saturated rings. The van der Waals surface area contributed by atoms with Crippen LogP contribution in [0.5, 0.6) is 0 Å². The molecule has 0 bridgehead atoms. The first-order valence-corrected chi connectivity index (χ1v) is 7.47. The first-order valence-electron chi connectivity index (χ1n) is 7.47. The lowest BCUT2D eigenvalue weighted by atomic mass is 9.88. The Bertz CT molecular complexity index is 669. The van der Waals surface area contributed by atoms with Crippen molar-refractivity contribution in [3.63, 3.8) is 0 Å². The topological polar surface area (TPSA) is 29.5 Å². The molecule has 0 N–H and O–H groups in total. The highest BCUT2D eigenvalue weighted by Gasteiger charge is 2.32. The molecule has 0 aromatic heterocycles. The lowest BCUT2D eigenvalue weighted by molar-refractivity contribution is 0.0937. The zero-order valence-corrected chi connectivity index (χ0v) is 12.5. The van der Waals surface area contributed by atoms with Crippen LogP contribution in [0.3, 0.4) is 0 Å². The Hall–Kier alpha value is -2.36. The van der Waals surface area contributed by atoms with Gasteiger partial charge in [0.05, 0.1) is 12.6 Å². The number of carbonyl (C=O) groups excluding carboxylic acids is 1. The SMILES string of the molecule is CCOC(=O)N1CCc2ccccc2[C@@H]1c1ccc(F)cc1. The third kappa shape index (κ3) is 2.69. The molecule has 4 heteroatoms. The third-order valence-corrected chi connectivity index (χ3v) is 3.97. The summed E-state index contributed by atoms with van der Waals surface area (Å²) < 4.78 is 18.4. The largest absolute Gasteiger partial charge is 0.450 e. The maximum absolute atomic E-state index is 13.2. The fourth-order valence-corrected chi connectivity index (χ4v) is 2.97. The molecule has 0 aliphatic carbocycles. The second kappa shape index (κ2) is 6.18. The van der Waals surface area contributed by atoms with E-state index in [0.29, 0.717) is 13.2 Å². The number of benzene rings is 2. The highest BCUT2D eigenvalue weighted by Crippen LogP contribution is 2.35. The van der Waals surface area contributed by atoms with E-state index in [9.17, 15) is 9.18 Å². The predicted molar refractivity (Wildman–Crippen MR) is 82.1 cm³/mol. The Kier molecular flexibility index (Phi) is 4.09. The van der Waals surface area contributed by atoms with Crippen molar-refractivity contribution in [1.82, 2.24) is 4.90 Å². The van der Waals surface area contributed by atoms with Gasteiger partial charge >= 0.3 is 6.09 Å². The van der Waals surface area contributed by atoms with E-state index in [1.807, 2.05) is 18.2 Å². The zero-order chi connectivity index (χ0) is 15.5. The second-order valence-electron chi connectivity index (χ2n) is 5.30. The summed E-state index contributed by atoms with van der Waals surface area (Å²) in [6.45, 7) is 2.73. The van der Waals surface area contributed by atoms with Crippen molar-refractivity contribution in [2.45, 2.75) is 19.4 Å². The van der Waals surface area contributed by atoms with E-state index in [1.54, 1.807) is 24.0 Å². The maximum Gasteiger partial charge on any atom is 0.410 e. The molecule has 3 nitrogen and oxygen atoms in total. The van der Waals surface area contributed by atoms with Crippen LogP contribution in [0.2, 0.25) is 0 Å². The van der Waals surface area contributed by atoms with Gasteiger partial charge in [0.25, 0.3) is 0 Å². The van der Waals surface area contributed by atoms with E-state index in [1.165, 1.54) is 17.7 Å². The number of nitrogens with zero attached hydrogens (tertiary/aromatic N) is 1. The minimum Gasteiger partial charge on any atom is -0.450 e. The van der Waals surface area contributed by atoms with Crippen LogP contribution >= 0.6 is 0 Å². The van der Waals surface area contributed by atoms with Crippen molar-refractivity contribution in [2.24, 2.45) is 0 Å². The van der Waals surface area contributed by atoms with E-state index < -0.39 is 0 Å². The lowest BCUT2D eigenvalue weighted by Crippen LogP contribution is -2.40. The van der Waals surface area contributed by atoms with Crippen molar-refractivity contribution in [3.05, 3.63) is 71.0 Å². The Morgan fingerprint density at radius 1 is 1.23 bits per heavy atom. The molecule has 2 aromatic rings. The monoisotopic (exact) mass is 299 g/mol. The Balaban J connectivity index is 2.05. The molecule has 0 spiro atoms. The number of carbonyl (C=O) groups is 1. The van der Waals surface area contributed by atoms with Gasteiger partial charge in [0.2, 0.25) is 0 Å². The first kappa shape index (κ1) is 14.6. The summed E-state index contributed by atoms with van der Waals surface area (Å²) in [4.78, 5) is 14.0. The van der Waals surface area contributed by atoms with E-state index in [0.717, 1.165) is 17.5 Å². The van der Waals surface area contributed by atoms with Gasteiger partial charge in [0, 0.05) is 6.54 Å². The molecule has 0 radical (unpaired) electrons. The summed E-state index contributed by atoms with van der Waals surface area (Å²) in [6, 6.07) is 14.1. The van der Waals surface area contributed by atoms with Gasteiger partial charge < -0.3 is 4.74 Å². The fourth-order valence-electron chi connectivity index (χ4n) is 2.97. The molecule has 2 aromatic carbocycles. The Labute approximate surface area is 129 Å². The van der Waals surface area contributed by atoms with Crippen LogP contribution in [0.25, 0.3) is 0 Å². The van der Waals surface area contributed by atoms with Crippen molar-refractivity contribution >= 4 is 6.09 Å². The molecule has 0 saturated carbocycles. The van der Waals surface area contributed by atoms with Gasteiger partial charge in [-0.05, 0) is 42.2 Å². The standard InChI is InChI=1S/C18H18FNO2/c1-2-22-18(21)20-12-11-13-5-3-4-6-16(13)17(20)14-7-9-15(19)10-8-14/h3-10,17H,2,11-12H2,1H3/t17-/m0/s1. The molecule has 114 valence electrons. The van der Waals surface area contributed by atoms with E-state index in [-0.39, 0.29) is 18.0 Å². The van der Waals surface area contributed by atoms with Crippen LogP contribution in [0, 0.1) is 5.82 Å². The van der Waals surface area contributed by atoms with Crippen molar-refractivity contribution < 1.29 is 13.9 Å². The van der Waals surface area contributed by atoms with Crippen LogP contribution in [0.1, 0.15) is 29.7 Å². The molecular formula is C18H18FNO2. The number of hydrogen-bond donors (Lipinski definition) is 0. The van der Waals surface area contributed by atoms with E-state index in [2.05, 4.69) is 6.07 Å². The van der Waals surface area contributed by atoms with Crippen LogP contribution in [-0.4, -0.2) is 24.1 Å². The summed E-state index contributed by atoms with van der Waals surface area (Å²) in [7, 11) is 0. The number of amides is 1. The average Bonchev–Trinajstić information content (AvgIpc) is 2.55. The summed E-state index contributed by atoms with van der Waals surface area (Å²) in [6.07, 6.45) is 0.471. The number of halogens is 1. The van der Waals surface area contributed by atoms with Gasteiger partial charge in [0.15, 0.2) is 0 Å². The van der Waals surface area contributed by atoms with Crippen molar-refractivity contribution in [3.8, 4) is 0 Å². The van der Waals surface area contributed by atoms with Crippen LogP contribution in [0.4, 0.5) is 9.18 Å². The van der Waals surface area contributed by atoms with Crippen LogP contribution in [0.15, 0.2) is 48.5 Å². The van der Waals surface area contributed by atoms with E-state index in [4.69, 9.17) is 4.74 Å². The van der Waals surface area contributed by atoms with Gasteiger partial charge in [-0.15, -0.1) is 0 Å². The molecule has 0 unspecified atom stereocenters. The number of rotatable bonds is 2. The molecule has 1 amide bonds. The Morgan fingerprint density at radius 2 is 1.95 bits per heavy atom. The van der Waals surface area contributed by atoms with Crippen LogP contribution in [-0.2, 0) is 11.2 Å². The quantitative estimate of drug-likeness (QED) is 0.841. The third-order valence-electron chi connectivity index (χ3n) is 3.97. The second-order valence-corrected chi connectivity index (χ2v) is 5.30. The summed E-state index contributed by atoms with van der Waals surface area (Å²) in [5.41, 5.74) is 3.19. The fraction of sp³-hybridized carbons (Fsp3) is 0.278. The van der Waals surface area contributed by atoms with Gasteiger partial charge in [0.1, 0.15) is 5.82 Å². The smallest absolute Gasteiger partial charge is 0.410 e. The molecule has 3 rings (SSSR count). The highest BCUT2D eigenvalue weighted by molar-refractivity contribution is 5.70. The predicted octanol–water partition coefficient (Wildman–Crippen LogP) is 3.93. The number of ether oxygens (including phenoxy) is 1. The highest BCUT2D eigenvalue weighted by atomic mass is 19.1. The lowest BCUT2D eigenvalue weighted by Gasteiger charge is -2.36. The zero-order valence-electron chi connectivity index (χ0n) is 12.5.